The fraction of sp³-hybridized carbons (Fsp3) is 0.500. The molecule has 0 saturated heterocycles. The van der Waals surface area contributed by atoms with E-state index in [0.717, 1.165) is 30.6 Å². The van der Waals surface area contributed by atoms with Crippen molar-refractivity contribution < 1.29 is 0 Å². The first-order valence-corrected chi connectivity index (χ1v) is 6.27. The molecule has 17 heavy (non-hydrogen) atoms. The number of nitrogens with two attached hydrogens (primary N) is 1. The predicted octanol–water partition coefficient (Wildman–Crippen LogP) is 3.23. The van der Waals surface area contributed by atoms with Crippen molar-refractivity contribution in [2.45, 2.75) is 47.1 Å². The molecule has 0 aliphatic rings. The van der Waals surface area contributed by atoms with E-state index in [2.05, 4.69) is 42.6 Å². The molecule has 0 radical (unpaired) electrons. The number of allylic oxidation sites excluding steroid dienone is 2. The van der Waals surface area contributed by atoms with Gasteiger partial charge >= 0.3 is 0 Å². The molecule has 3 heteroatoms. The highest BCUT2D eigenvalue weighted by atomic mass is 15.0. The monoisotopic (exact) mass is 233 g/mol. The zero-order valence-corrected chi connectivity index (χ0v) is 11.3. The highest BCUT2D eigenvalue weighted by molar-refractivity contribution is 5.99. The lowest BCUT2D eigenvalue weighted by molar-refractivity contribution is 0.742. The minimum absolute atomic E-state index is 0.611. The van der Waals surface area contributed by atoms with E-state index in [1.807, 2.05) is 13.0 Å². The second kappa shape index (κ2) is 6.28. The Morgan fingerprint density at radius 2 is 2.18 bits per heavy atom. The van der Waals surface area contributed by atoms with Gasteiger partial charge in [0.1, 0.15) is 5.84 Å². The van der Waals surface area contributed by atoms with Gasteiger partial charge in [-0.05, 0) is 33.3 Å². The van der Waals surface area contributed by atoms with E-state index >= 15 is 0 Å². The van der Waals surface area contributed by atoms with Crippen LogP contribution in [0.5, 0.6) is 0 Å². The number of hydrogen-bond acceptors (Lipinski definition) is 1. The van der Waals surface area contributed by atoms with Crippen LogP contribution >= 0.6 is 0 Å². The van der Waals surface area contributed by atoms with Crippen LogP contribution in [0.15, 0.2) is 29.0 Å². The molecule has 0 spiro atoms. The second-order valence-electron chi connectivity index (χ2n) is 4.23. The number of amidine groups is 1. The lowest BCUT2D eigenvalue weighted by atomic mass is 10.2. The van der Waals surface area contributed by atoms with Crippen molar-refractivity contribution in [3.63, 3.8) is 0 Å². The number of hydrogen-bond donors (Lipinski definition) is 1. The molecular formula is C14H23N3. The van der Waals surface area contributed by atoms with Gasteiger partial charge in [-0.25, -0.2) is 4.99 Å². The van der Waals surface area contributed by atoms with Crippen LogP contribution in [0.4, 0.5) is 0 Å². The van der Waals surface area contributed by atoms with E-state index in [4.69, 9.17) is 5.73 Å². The molecule has 0 bridgehead atoms. The number of rotatable bonds is 5. The Balaban J connectivity index is 2.91. The lowest BCUT2D eigenvalue weighted by Crippen LogP contribution is -2.14. The summed E-state index contributed by atoms with van der Waals surface area (Å²) in [6.07, 6.45) is 6.37. The highest BCUT2D eigenvalue weighted by Gasteiger charge is 2.06. The van der Waals surface area contributed by atoms with Gasteiger partial charge in [0.25, 0.3) is 0 Å². The Labute approximate surface area is 104 Å². The summed E-state index contributed by atoms with van der Waals surface area (Å²) in [5.41, 5.74) is 9.24. The summed E-state index contributed by atoms with van der Waals surface area (Å²) in [4.78, 5) is 4.44. The van der Waals surface area contributed by atoms with E-state index in [1.165, 1.54) is 5.69 Å². The minimum Gasteiger partial charge on any atom is -0.383 e. The molecule has 1 heterocycles. The molecule has 0 saturated carbocycles. The summed E-state index contributed by atoms with van der Waals surface area (Å²) in [6, 6.07) is 2.03. The Morgan fingerprint density at radius 1 is 1.47 bits per heavy atom. The molecule has 0 unspecified atom stereocenters. The van der Waals surface area contributed by atoms with Crippen LogP contribution < -0.4 is 5.73 Å². The van der Waals surface area contributed by atoms with Crippen molar-refractivity contribution in [2.24, 2.45) is 10.7 Å². The van der Waals surface area contributed by atoms with E-state index in [9.17, 15) is 0 Å². The van der Waals surface area contributed by atoms with Gasteiger partial charge in [-0.2, -0.15) is 0 Å². The maximum Gasteiger partial charge on any atom is 0.132 e. The first kappa shape index (κ1) is 13.6. The van der Waals surface area contributed by atoms with Gasteiger partial charge in [-0.15, -0.1) is 0 Å². The third kappa shape index (κ3) is 3.48. The number of nitrogens with zero attached hydrogens (tertiary/aromatic N) is 2. The summed E-state index contributed by atoms with van der Waals surface area (Å²) in [5.74, 6) is 0.611. The van der Waals surface area contributed by atoms with E-state index in [1.54, 1.807) is 0 Å². The van der Waals surface area contributed by atoms with Crippen molar-refractivity contribution >= 4 is 5.84 Å². The van der Waals surface area contributed by atoms with Gasteiger partial charge < -0.3 is 10.3 Å². The van der Waals surface area contributed by atoms with E-state index < -0.39 is 0 Å². The number of aromatic nitrogens is 1. The zero-order valence-electron chi connectivity index (χ0n) is 11.3. The zero-order chi connectivity index (χ0) is 12.8. The van der Waals surface area contributed by atoms with Crippen LogP contribution in [0.1, 0.15) is 44.9 Å². The summed E-state index contributed by atoms with van der Waals surface area (Å²) in [5, 5.41) is 0. The Bertz CT molecular complexity index is 425. The highest BCUT2D eigenvalue weighted by Crippen LogP contribution is 2.11. The van der Waals surface area contributed by atoms with Crippen LogP contribution in [0.3, 0.4) is 0 Å². The molecule has 1 aromatic rings. The molecule has 1 rings (SSSR count). The SMILES string of the molecule is CCC/C=C(C)/N=C(/N)c1ccn(CC)c1C. The topological polar surface area (TPSA) is 43.3 Å². The first-order valence-electron chi connectivity index (χ1n) is 6.27. The largest absolute Gasteiger partial charge is 0.383 e. The predicted molar refractivity (Wildman–Crippen MR) is 74.2 cm³/mol. The Morgan fingerprint density at radius 3 is 2.71 bits per heavy atom. The van der Waals surface area contributed by atoms with Crippen molar-refractivity contribution in [3.8, 4) is 0 Å². The van der Waals surface area contributed by atoms with Crippen LogP contribution in [-0.4, -0.2) is 10.4 Å². The smallest absolute Gasteiger partial charge is 0.132 e. The molecule has 0 fully saturated rings. The second-order valence-corrected chi connectivity index (χ2v) is 4.23. The average molecular weight is 233 g/mol. The van der Waals surface area contributed by atoms with Crippen molar-refractivity contribution in [1.29, 1.82) is 0 Å². The van der Waals surface area contributed by atoms with Gasteiger partial charge in [0, 0.05) is 29.7 Å². The summed E-state index contributed by atoms with van der Waals surface area (Å²) in [7, 11) is 0. The number of unbranched alkanes of at least 4 members (excludes halogenated alkanes) is 1. The normalized spacial score (nSPS) is 13.2. The van der Waals surface area contributed by atoms with Gasteiger partial charge in [0.15, 0.2) is 0 Å². The Hall–Kier alpha value is -1.51. The molecule has 0 aliphatic heterocycles. The number of aryl methyl sites for hydroxylation is 1. The van der Waals surface area contributed by atoms with Crippen LogP contribution in [-0.2, 0) is 6.54 Å². The molecule has 94 valence electrons. The average Bonchev–Trinajstić information content (AvgIpc) is 2.67. The van der Waals surface area contributed by atoms with Crippen LogP contribution in [0, 0.1) is 6.92 Å². The molecule has 0 aromatic carbocycles. The van der Waals surface area contributed by atoms with Gasteiger partial charge in [0.05, 0.1) is 0 Å². The third-order valence-corrected chi connectivity index (χ3v) is 2.88. The van der Waals surface area contributed by atoms with Crippen molar-refractivity contribution in [2.75, 3.05) is 0 Å². The fourth-order valence-electron chi connectivity index (χ4n) is 1.81. The summed E-state index contributed by atoms with van der Waals surface area (Å²) in [6.45, 7) is 9.31. The minimum atomic E-state index is 0.611. The first-order chi connectivity index (χ1) is 8.10. The van der Waals surface area contributed by atoms with E-state index in [0.29, 0.717) is 5.84 Å². The summed E-state index contributed by atoms with van der Waals surface area (Å²) >= 11 is 0. The van der Waals surface area contributed by atoms with Crippen molar-refractivity contribution in [3.05, 3.63) is 35.3 Å². The lowest BCUT2D eigenvalue weighted by Gasteiger charge is -2.04. The fourth-order valence-corrected chi connectivity index (χ4v) is 1.81. The molecule has 0 atom stereocenters. The maximum atomic E-state index is 6.03. The molecule has 0 amide bonds. The molecule has 3 nitrogen and oxygen atoms in total. The third-order valence-electron chi connectivity index (χ3n) is 2.88. The van der Waals surface area contributed by atoms with Gasteiger partial charge in [-0.3, -0.25) is 0 Å². The van der Waals surface area contributed by atoms with Crippen LogP contribution in [0.2, 0.25) is 0 Å². The summed E-state index contributed by atoms with van der Waals surface area (Å²) < 4.78 is 2.17. The van der Waals surface area contributed by atoms with E-state index in [-0.39, 0.29) is 0 Å². The standard InChI is InChI=1S/C14H23N3/c1-5-7-8-11(3)16-14(15)13-9-10-17(6-2)12(13)4/h8-10H,5-7H2,1-4H3,(H2,15,16)/b11-8+. The quantitative estimate of drug-likeness (QED) is 0.616. The van der Waals surface area contributed by atoms with Gasteiger partial charge in [0.2, 0.25) is 0 Å². The Kier molecular flexibility index (Phi) is 5.01. The molecule has 1 aromatic heterocycles. The molecule has 2 N–H and O–H groups in total. The number of aliphatic imine (C=N–C) groups is 1. The maximum absolute atomic E-state index is 6.03. The molecule has 0 aliphatic carbocycles. The van der Waals surface area contributed by atoms with Gasteiger partial charge in [-0.1, -0.05) is 19.4 Å². The van der Waals surface area contributed by atoms with Crippen LogP contribution in [0.25, 0.3) is 0 Å². The molecular weight excluding hydrogens is 210 g/mol. The van der Waals surface area contributed by atoms with Crippen molar-refractivity contribution in [1.82, 2.24) is 4.57 Å².